The first kappa shape index (κ1) is 21.3. The zero-order valence-corrected chi connectivity index (χ0v) is 17.5. The van der Waals surface area contributed by atoms with Crippen LogP contribution in [0.1, 0.15) is 24.2 Å². The van der Waals surface area contributed by atoms with Gasteiger partial charge in [-0.1, -0.05) is 17.3 Å². The molecule has 1 unspecified atom stereocenters. The molecule has 0 aliphatic carbocycles. The number of halogens is 1. The Kier molecular flexibility index (Phi) is 7.60. The molecule has 1 aromatic heterocycles. The molecule has 0 amide bonds. The summed E-state index contributed by atoms with van der Waals surface area (Å²) in [6.07, 6.45) is 1.61. The number of nitrogens with one attached hydrogen (secondary N) is 1. The van der Waals surface area contributed by atoms with Crippen molar-refractivity contribution in [2.45, 2.75) is 19.5 Å². The lowest BCUT2D eigenvalue weighted by Crippen LogP contribution is -2.52. The van der Waals surface area contributed by atoms with Crippen molar-refractivity contribution in [3.63, 3.8) is 0 Å². The average molecular weight is 403 g/mol. The average Bonchev–Trinajstić information content (AvgIpc) is 3.22. The van der Waals surface area contributed by atoms with E-state index in [0.717, 1.165) is 56.5 Å². The Bertz CT molecular complexity index is 754. The molecule has 1 saturated heterocycles. The van der Waals surface area contributed by atoms with Crippen LogP contribution in [0.2, 0.25) is 0 Å². The molecule has 2 aromatic rings. The minimum atomic E-state index is -0.216. The van der Waals surface area contributed by atoms with E-state index in [1.165, 1.54) is 12.1 Å². The Labute approximate surface area is 172 Å². The smallest absolute Gasteiger partial charge is 0.194 e. The lowest BCUT2D eigenvalue weighted by Gasteiger charge is -2.36. The molecule has 1 N–H and O–H groups in total. The van der Waals surface area contributed by atoms with Gasteiger partial charge < -0.3 is 19.6 Å². The molecule has 1 fully saturated rings. The third-order valence-electron chi connectivity index (χ3n) is 5.18. The van der Waals surface area contributed by atoms with Crippen LogP contribution in [0, 0.1) is 5.82 Å². The largest absolute Gasteiger partial charge is 0.364 e. The number of aromatic nitrogens is 1. The molecule has 1 atom stereocenters. The van der Waals surface area contributed by atoms with Crippen molar-refractivity contribution in [1.29, 1.82) is 0 Å². The highest BCUT2D eigenvalue weighted by Gasteiger charge is 2.21. The van der Waals surface area contributed by atoms with E-state index in [1.54, 1.807) is 6.26 Å². The van der Waals surface area contributed by atoms with Crippen LogP contribution in [0.5, 0.6) is 0 Å². The predicted octanol–water partition coefficient (Wildman–Crippen LogP) is 2.20. The molecular weight excluding hydrogens is 371 g/mol. The summed E-state index contributed by atoms with van der Waals surface area (Å²) in [5, 5.41) is 7.42. The zero-order valence-electron chi connectivity index (χ0n) is 17.5. The first-order chi connectivity index (χ1) is 14.1. The summed E-state index contributed by atoms with van der Waals surface area (Å²) in [5.41, 5.74) is 2.03. The number of benzene rings is 1. The molecule has 3 rings (SSSR count). The van der Waals surface area contributed by atoms with Crippen LogP contribution in [0.4, 0.5) is 4.39 Å². The molecule has 1 aliphatic rings. The van der Waals surface area contributed by atoms with Gasteiger partial charge in [0.2, 0.25) is 0 Å². The van der Waals surface area contributed by atoms with E-state index in [9.17, 15) is 4.39 Å². The zero-order chi connectivity index (χ0) is 20.6. The van der Waals surface area contributed by atoms with Crippen LogP contribution in [-0.2, 0) is 6.54 Å². The van der Waals surface area contributed by atoms with E-state index in [-0.39, 0.29) is 11.9 Å². The van der Waals surface area contributed by atoms with Gasteiger partial charge in [0, 0.05) is 45.3 Å². The Morgan fingerprint density at radius 1 is 1.21 bits per heavy atom. The number of nitrogens with zero attached hydrogens (tertiary/aromatic N) is 5. The van der Waals surface area contributed by atoms with Gasteiger partial charge in [0.15, 0.2) is 5.96 Å². The van der Waals surface area contributed by atoms with Crippen molar-refractivity contribution in [3.05, 3.63) is 53.7 Å². The highest BCUT2D eigenvalue weighted by Crippen LogP contribution is 2.19. The van der Waals surface area contributed by atoms with E-state index >= 15 is 0 Å². The normalized spacial score (nSPS) is 17.0. The maximum absolute atomic E-state index is 13.3. The molecule has 7 nitrogen and oxygen atoms in total. The summed E-state index contributed by atoms with van der Waals surface area (Å²) in [6, 6.07) is 8.70. The standard InChI is InChI=1S/C21H31FN6O/c1-4-23-21(24-15-20(26(2)3)17-5-7-18(22)8-6-17)28-12-10-27(11-13-28)16-19-9-14-29-25-19/h5-9,14,20H,4,10-13,15-16H2,1-3H3,(H,23,24). The highest BCUT2D eigenvalue weighted by atomic mass is 19.1. The van der Waals surface area contributed by atoms with Gasteiger partial charge in [0.05, 0.1) is 18.3 Å². The van der Waals surface area contributed by atoms with Gasteiger partial charge in [-0.3, -0.25) is 9.89 Å². The SMILES string of the molecule is CCNC(=NCC(c1ccc(F)cc1)N(C)C)N1CCN(Cc2ccon2)CC1. The quantitative estimate of drug-likeness (QED) is 0.566. The fourth-order valence-corrected chi connectivity index (χ4v) is 3.52. The summed E-state index contributed by atoms with van der Waals surface area (Å²) >= 11 is 0. The summed E-state index contributed by atoms with van der Waals surface area (Å²) in [7, 11) is 4.05. The van der Waals surface area contributed by atoms with Crippen LogP contribution in [-0.4, -0.2) is 79.2 Å². The number of hydrogen-bond donors (Lipinski definition) is 1. The van der Waals surface area contributed by atoms with Crippen LogP contribution in [0.15, 0.2) is 46.1 Å². The van der Waals surface area contributed by atoms with Crippen molar-refractivity contribution in [2.75, 3.05) is 53.4 Å². The third kappa shape index (κ3) is 6.01. The molecule has 0 spiro atoms. The molecule has 1 aromatic carbocycles. The topological polar surface area (TPSA) is 60.1 Å². The lowest BCUT2D eigenvalue weighted by molar-refractivity contribution is 0.168. The lowest BCUT2D eigenvalue weighted by atomic mass is 10.1. The van der Waals surface area contributed by atoms with Crippen molar-refractivity contribution in [2.24, 2.45) is 4.99 Å². The summed E-state index contributed by atoms with van der Waals surface area (Å²) in [5.74, 6) is 0.717. The second kappa shape index (κ2) is 10.4. The Balaban J connectivity index is 1.62. The minimum Gasteiger partial charge on any atom is -0.364 e. The van der Waals surface area contributed by atoms with Gasteiger partial charge in [-0.2, -0.15) is 0 Å². The van der Waals surface area contributed by atoms with Crippen LogP contribution >= 0.6 is 0 Å². The van der Waals surface area contributed by atoms with Crippen molar-refractivity contribution < 1.29 is 8.91 Å². The molecule has 1 aliphatic heterocycles. The van der Waals surface area contributed by atoms with Crippen LogP contribution in [0.25, 0.3) is 0 Å². The molecule has 2 heterocycles. The van der Waals surface area contributed by atoms with Gasteiger partial charge in [0.25, 0.3) is 0 Å². The number of guanidine groups is 1. The first-order valence-electron chi connectivity index (χ1n) is 10.1. The van der Waals surface area contributed by atoms with E-state index < -0.39 is 0 Å². The van der Waals surface area contributed by atoms with Gasteiger partial charge in [-0.15, -0.1) is 0 Å². The maximum Gasteiger partial charge on any atom is 0.194 e. The Morgan fingerprint density at radius 2 is 1.93 bits per heavy atom. The number of rotatable bonds is 7. The number of piperazine rings is 1. The number of aliphatic imine (C=N–C) groups is 1. The Morgan fingerprint density at radius 3 is 2.52 bits per heavy atom. The summed E-state index contributed by atoms with van der Waals surface area (Å²) in [6.45, 7) is 8.05. The number of likely N-dealkylation sites (N-methyl/N-ethyl adjacent to an activating group) is 1. The minimum absolute atomic E-state index is 0.0951. The van der Waals surface area contributed by atoms with Crippen LogP contribution in [0.3, 0.4) is 0 Å². The fraction of sp³-hybridized carbons (Fsp3) is 0.524. The molecule has 8 heteroatoms. The second-order valence-corrected chi connectivity index (χ2v) is 7.48. The Hall–Kier alpha value is -2.45. The van der Waals surface area contributed by atoms with Gasteiger partial charge in [-0.05, 0) is 38.7 Å². The van der Waals surface area contributed by atoms with E-state index in [2.05, 4.69) is 32.1 Å². The summed E-state index contributed by atoms with van der Waals surface area (Å²) in [4.78, 5) is 11.7. The van der Waals surface area contributed by atoms with Crippen molar-refractivity contribution in [1.82, 2.24) is 25.2 Å². The van der Waals surface area contributed by atoms with Gasteiger partial charge in [0.1, 0.15) is 12.1 Å². The van der Waals surface area contributed by atoms with E-state index in [1.807, 2.05) is 32.3 Å². The van der Waals surface area contributed by atoms with E-state index in [4.69, 9.17) is 9.52 Å². The van der Waals surface area contributed by atoms with Gasteiger partial charge >= 0.3 is 0 Å². The molecule has 0 bridgehead atoms. The molecule has 0 radical (unpaired) electrons. The molecule has 29 heavy (non-hydrogen) atoms. The van der Waals surface area contributed by atoms with Crippen molar-refractivity contribution >= 4 is 5.96 Å². The highest BCUT2D eigenvalue weighted by molar-refractivity contribution is 5.80. The molecule has 158 valence electrons. The maximum atomic E-state index is 13.3. The molecular formula is C21H31FN6O. The fourth-order valence-electron chi connectivity index (χ4n) is 3.52. The monoisotopic (exact) mass is 402 g/mol. The van der Waals surface area contributed by atoms with E-state index in [0.29, 0.717) is 6.54 Å². The van der Waals surface area contributed by atoms with Gasteiger partial charge in [-0.25, -0.2) is 4.39 Å². The molecule has 0 saturated carbocycles. The van der Waals surface area contributed by atoms with Crippen molar-refractivity contribution in [3.8, 4) is 0 Å². The summed E-state index contributed by atoms with van der Waals surface area (Å²) < 4.78 is 18.2. The second-order valence-electron chi connectivity index (χ2n) is 7.48. The third-order valence-corrected chi connectivity index (χ3v) is 5.18. The number of hydrogen-bond acceptors (Lipinski definition) is 5. The predicted molar refractivity (Wildman–Crippen MR) is 112 cm³/mol. The first-order valence-corrected chi connectivity index (χ1v) is 10.1. The van der Waals surface area contributed by atoms with Crippen LogP contribution < -0.4 is 5.32 Å².